The molecule has 0 aliphatic carbocycles. The molecule has 0 aliphatic heterocycles. The van der Waals surface area contributed by atoms with Gasteiger partial charge in [-0.25, -0.2) is 4.68 Å². The lowest BCUT2D eigenvalue weighted by Crippen LogP contribution is -2.14. The van der Waals surface area contributed by atoms with E-state index in [-0.39, 0.29) is 11.8 Å². The first-order valence-electron chi connectivity index (χ1n) is 8.34. The number of carbonyl (C=O) groups is 1. The molecule has 3 rings (SSSR count). The monoisotopic (exact) mass is 334 g/mol. The Morgan fingerprint density at radius 1 is 1.16 bits per heavy atom. The number of hydrogen-bond donors (Lipinski definition) is 2. The molecule has 25 heavy (non-hydrogen) atoms. The number of rotatable bonds is 5. The summed E-state index contributed by atoms with van der Waals surface area (Å²) in [5.74, 6) is -0.0267. The topological polar surface area (TPSA) is 72.9 Å². The maximum absolute atomic E-state index is 12.8. The van der Waals surface area contributed by atoms with Crippen LogP contribution in [0.25, 0.3) is 5.69 Å². The molecule has 0 fully saturated rings. The molecule has 3 N–H and O–H groups in total. The van der Waals surface area contributed by atoms with Crippen LogP contribution in [-0.2, 0) is 6.54 Å². The van der Waals surface area contributed by atoms with Crippen molar-refractivity contribution in [2.24, 2.45) is 5.73 Å². The summed E-state index contributed by atoms with van der Waals surface area (Å²) in [6, 6.07) is 17.3. The largest absolute Gasteiger partial charge is 0.326 e. The van der Waals surface area contributed by atoms with Gasteiger partial charge in [0.05, 0.1) is 16.9 Å². The fourth-order valence-electron chi connectivity index (χ4n) is 2.68. The Kier molecular flexibility index (Phi) is 4.95. The van der Waals surface area contributed by atoms with Crippen LogP contribution in [0.2, 0.25) is 0 Å². The molecular weight excluding hydrogens is 312 g/mol. The molecule has 0 atom stereocenters. The van der Waals surface area contributed by atoms with Gasteiger partial charge in [-0.05, 0) is 35.7 Å². The fourth-order valence-corrected chi connectivity index (χ4v) is 2.68. The lowest BCUT2D eigenvalue weighted by Gasteiger charge is -2.08. The summed E-state index contributed by atoms with van der Waals surface area (Å²) in [6.45, 7) is 4.50. The van der Waals surface area contributed by atoms with Gasteiger partial charge in [-0.3, -0.25) is 4.79 Å². The molecule has 0 saturated carbocycles. The third-order valence-corrected chi connectivity index (χ3v) is 3.98. The zero-order valence-corrected chi connectivity index (χ0v) is 14.4. The van der Waals surface area contributed by atoms with Crippen LogP contribution in [-0.4, -0.2) is 15.7 Å². The first-order valence-corrected chi connectivity index (χ1v) is 8.34. The minimum atomic E-state index is -0.167. The minimum absolute atomic E-state index is 0.140. The number of carbonyl (C=O) groups excluding carboxylic acids is 1. The predicted octanol–water partition coefficient (Wildman–Crippen LogP) is 3.71. The quantitative estimate of drug-likeness (QED) is 0.747. The number of anilines is 1. The molecule has 0 saturated heterocycles. The summed E-state index contributed by atoms with van der Waals surface area (Å²) in [5.41, 5.74) is 9.65. The Balaban J connectivity index is 1.92. The molecule has 1 amide bonds. The van der Waals surface area contributed by atoms with Gasteiger partial charge in [-0.2, -0.15) is 5.10 Å². The highest BCUT2D eigenvalue weighted by Gasteiger charge is 2.19. The molecule has 2 aromatic carbocycles. The van der Waals surface area contributed by atoms with Gasteiger partial charge in [0, 0.05) is 18.4 Å². The van der Waals surface area contributed by atoms with Crippen molar-refractivity contribution in [1.29, 1.82) is 0 Å². The standard InChI is InChI=1S/C20H22N4O/c1-14(2)19-18(13-24(23-19)17-9-4-3-5-10-17)20(25)22-16-8-6-7-15(11-16)12-21/h3-11,13-14H,12,21H2,1-2H3,(H,22,25). The molecule has 0 bridgehead atoms. The number of nitrogens with two attached hydrogens (primary N) is 1. The average molecular weight is 334 g/mol. The van der Waals surface area contributed by atoms with E-state index in [0.717, 1.165) is 22.6 Å². The molecule has 0 spiro atoms. The number of hydrogen-bond acceptors (Lipinski definition) is 3. The summed E-state index contributed by atoms with van der Waals surface area (Å²) in [7, 11) is 0. The molecule has 1 aromatic heterocycles. The Bertz CT molecular complexity index is 868. The van der Waals surface area contributed by atoms with E-state index < -0.39 is 0 Å². The fraction of sp³-hybridized carbons (Fsp3) is 0.200. The van der Waals surface area contributed by atoms with Gasteiger partial charge in [0.15, 0.2) is 0 Å². The number of para-hydroxylation sites is 1. The van der Waals surface area contributed by atoms with Gasteiger partial charge >= 0.3 is 0 Å². The second-order valence-electron chi connectivity index (χ2n) is 6.22. The molecule has 3 aromatic rings. The van der Waals surface area contributed by atoms with Crippen molar-refractivity contribution in [3.8, 4) is 5.69 Å². The van der Waals surface area contributed by atoms with E-state index in [1.807, 2.05) is 68.4 Å². The summed E-state index contributed by atoms with van der Waals surface area (Å²) in [6.07, 6.45) is 1.78. The summed E-state index contributed by atoms with van der Waals surface area (Å²) >= 11 is 0. The maximum atomic E-state index is 12.8. The Morgan fingerprint density at radius 3 is 2.60 bits per heavy atom. The Morgan fingerprint density at radius 2 is 1.92 bits per heavy atom. The number of nitrogens with one attached hydrogen (secondary N) is 1. The Labute approximate surface area is 147 Å². The smallest absolute Gasteiger partial charge is 0.259 e. The first kappa shape index (κ1) is 16.9. The zero-order valence-electron chi connectivity index (χ0n) is 14.4. The van der Waals surface area contributed by atoms with Crippen LogP contribution in [0.15, 0.2) is 60.8 Å². The number of nitrogens with zero attached hydrogens (tertiary/aromatic N) is 2. The van der Waals surface area contributed by atoms with Crippen molar-refractivity contribution < 1.29 is 4.79 Å². The molecule has 5 heteroatoms. The van der Waals surface area contributed by atoms with Crippen molar-refractivity contribution >= 4 is 11.6 Å². The van der Waals surface area contributed by atoms with E-state index in [4.69, 9.17) is 5.73 Å². The van der Waals surface area contributed by atoms with Crippen molar-refractivity contribution in [1.82, 2.24) is 9.78 Å². The lowest BCUT2D eigenvalue weighted by atomic mass is 10.1. The molecular formula is C20H22N4O. The average Bonchev–Trinajstić information content (AvgIpc) is 3.08. The molecule has 1 heterocycles. The molecule has 5 nitrogen and oxygen atoms in total. The van der Waals surface area contributed by atoms with Crippen LogP contribution in [0, 0.1) is 0 Å². The number of aromatic nitrogens is 2. The van der Waals surface area contributed by atoms with Crippen molar-refractivity contribution in [2.45, 2.75) is 26.3 Å². The molecule has 0 unspecified atom stereocenters. The van der Waals surface area contributed by atoms with Gasteiger partial charge in [0.2, 0.25) is 0 Å². The van der Waals surface area contributed by atoms with E-state index >= 15 is 0 Å². The van der Waals surface area contributed by atoms with Crippen LogP contribution < -0.4 is 11.1 Å². The lowest BCUT2D eigenvalue weighted by molar-refractivity contribution is 0.102. The van der Waals surface area contributed by atoms with E-state index in [1.165, 1.54) is 0 Å². The second kappa shape index (κ2) is 7.32. The van der Waals surface area contributed by atoms with Gasteiger partial charge in [-0.1, -0.05) is 44.2 Å². The highest BCUT2D eigenvalue weighted by Crippen LogP contribution is 2.21. The summed E-state index contributed by atoms with van der Waals surface area (Å²) in [4.78, 5) is 12.8. The third kappa shape index (κ3) is 3.78. The maximum Gasteiger partial charge on any atom is 0.259 e. The SMILES string of the molecule is CC(C)c1nn(-c2ccccc2)cc1C(=O)Nc1cccc(CN)c1. The van der Waals surface area contributed by atoms with Crippen LogP contribution in [0.4, 0.5) is 5.69 Å². The van der Waals surface area contributed by atoms with E-state index in [9.17, 15) is 4.79 Å². The van der Waals surface area contributed by atoms with Crippen LogP contribution >= 0.6 is 0 Å². The molecule has 0 radical (unpaired) electrons. The predicted molar refractivity (Wildman–Crippen MR) is 99.9 cm³/mol. The van der Waals surface area contributed by atoms with Crippen molar-refractivity contribution in [2.75, 3.05) is 5.32 Å². The van der Waals surface area contributed by atoms with E-state index in [1.54, 1.807) is 10.9 Å². The van der Waals surface area contributed by atoms with Gasteiger partial charge < -0.3 is 11.1 Å². The van der Waals surface area contributed by atoms with Crippen molar-refractivity contribution in [3.63, 3.8) is 0 Å². The van der Waals surface area contributed by atoms with E-state index in [0.29, 0.717) is 12.1 Å². The van der Waals surface area contributed by atoms with Crippen LogP contribution in [0.1, 0.15) is 41.4 Å². The van der Waals surface area contributed by atoms with Crippen molar-refractivity contribution in [3.05, 3.63) is 77.6 Å². The van der Waals surface area contributed by atoms with Gasteiger partial charge in [-0.15, -0.1) is 0 Å². The second-order valence-corrected chi connectivity index (χ2v) is 6.22. The van der Waals surface area contributed by atoms with Gasteiger partial charge in [0.1, 0.15) is 0 Å². The van der Waals surface area contributed by atoms with E-state index in [2.05, 4.69) is 10.4 Å². The highest BCUT2D eigenvalue weighted by molar-refractivity contribution is 6.05. The third-order valence-electron chi connectivity index (χ3n) is 3.98. The van der Waals surface area contributed by atoms with Gasteiger partial charge in [0.25, 0.3) is 5.91 Å². The highest BCUT2D eigenvalue weighted by atomic mass is 16.1. The number of amides is 1. The molecule has 0 aliphatic rings. The zero-order chi connectivity index (χ0) is 17.8. The Hall–Kier alpha value is -2.92. The summed E-state index contributed by atoms with van der Waals surface area (Å²) < 4.78 is 1.75. The summed E-state index contributed by atoms with van der Waals surface area (Å²) in [5, 5.41) is 7.56. The van der Waals surface area contributed by atoms with Crippen LogP contribution in [0.3, 0.4) is 0 Å². The first-order chi connectivity index (χ1) is 12.1. The van der Waals surface area contributed by atoms with Crippen LogP contribution in [0.5, 0.6) is 0 Å². The minimum Gasteiger partial charge on any atom is -0.326 e. The molecule has 128 valence electrons. The number of benzene rings is 2. The normalized spacial score (nSPS) is 10.9.